The third-order valence-electron chi connectivity index (χ3n) is 0.548. The van der Waals surface area contributed by atoms with E-state index in [9.17, 15) is 0 Å². The highest BCUT2D eigenvalue weighted by molar-refractivity contribution is 5.53. The smallest absolute Gasteiger partial charge is 0.450 e. The highest BCUT2D eigenvalue weighted by Crippen LogP contribution is 2.02. The molecule has 10 heteroatoms. The van der Waals surface area contributed by atoms with Crippen molar-refractivity contribution in [3.8, 4) is 0 Å². The third kappa shape index (κ3) is 202. The summed E-state index contributed by atoms with van der Waals surface area (Å²) in [5.41, 5.74) is -0.806. The Hall–Kier alpha value is -1.62. The Balaban J connectivity index is -0.0000000871. The third-order valence-corrected chi connectivity index (χ3v) is 0.548. The molecule has 0 amide bonds. The van der Waals surface area contributed by atoms with Gasteiger partial charge < -0.3 is 20.4 Å². The van der Waals surface area contributed by atoms with Crippen LogP contribution in [-0.2, 0) is 9.78 Å². The summed E-state index contributed by atoms with van der Waals surface area (Å²) in [6.07, 6.45) is -3.67. The largest absolute Gasteiger partial charge is 0.503 e. The van der Waals surface area contributed by atoms with Gasteiger partial charge in [0.1, 0.15) is 0 Å². The fourth-order valence-electron chi connectivity index (χ4n) is 0. The Morgan fingerprint density at radius 3 is 0.700 bits per heavy atom. The van der Waals surface area contributed by atoms with Crippen LogP contribution in [0.1, 0.15) is 41.5 Å². The van der Waals surface area contributed by atoms with E-state index in [2.05, 4.69) is 9.78 Å². The van der Waals surface area contributed by atoms with Gasteiger partial charge in [0.15, 0.2) is 0 Å². The Kier molecular flexibility index (Phi) is 18.5. The molecule has 10 nitrogen and oxygen atoms in total. The Labute approximate surface area is 116 Å². The molecule has 0 heterocycles. The lowest BCUT2D eigenvalue weighted by molar-refractivity contribution is -0.306. The molecule has 0 atom stereocenters. The summed E-state index contributed by atoms with van der Waals surface area (Å²) in [6.45, 7) is 10.6. The number of carboxylic acid groups (broad SMARTS) is 4. The molecule has 0 rings (SSSR count). The quantitative estimate of drug-likeness (QED) is 0.288. The summed E-state index contributed by atoms with van der Waals surface area (Å²) in [6, 6.07) is 0. The van der Waals surface area contributed by atoms with Gasteiger partial charge in [-0.15, -0.1) is 0 Å². The van der Waals surface area contributed by atoms with Crippen molar-refractivity contribution >= 4 is 12.3 Å². The summed E-state index contributed by atoms with van der Waals surface area (Å²) in [5, 5.41) is 43.7. The van der Waals surface area contributed by atoms with Crippen LogP contribution in [0.4, 0.5) is 9.59 Å². The van der Waals surface area contributed by atoms with Gasteiger partial charge in [0.05, 0.1) is 11.2 Å². The molecule has 0 radical (unpaired) electrons. The Morgan fingerprint density at radius 2 is 0.700 bits per heavy atom. The van der Waals surface area contributed by atoms with E-state index in [4.69, 9.17) is 40.5 Å². The average Bonchev–Trinajstić information content (AvgIpc) is 2.14. The van der Waals surface area contributed by atoms with Crippen molar-refractivity contribution in [3.05, 3.63) is 0 Å². The molecule has 0 saturated carbocycles. The lowest BCUT2D eigenvalue weighted by atomic mass is 10.2. The highest BCUT2D eigenvalue weighted by Gasteiger charge is 2.07. The first-order valence-corrected chi connectivity index (χ1v) is 5.08. The first kappa shape index (κ1) is 26.8. The monoisotopic (exact) mass is 304 g/mol. The van der Waals surface area contributed by atoms with Crippen molar-refractivity contribution in [1.82, 2.24) is 0 Å². The van der Waals surface area contributed by atoms with Gasteiger partial charge in [-0.1, -0.05) is 0 Å². The minimum atomic E-state index is -1.83. The van der Waals surface area contributed by atoms with E-state index in [1.165, 1.54) is 0 Å². The van der Waals surface area contributed by atoms with Gasteiger partial charge in [-0.2, -0.15) is 0 Å². The Bertz CT molecular complexity index is 203. The zero-order chi connectivity index (χ0) is 17.6. The molecule has 6 N–H and O–H groups in total. The highest BCUT2D eigenvalue weighted by atomic mass is 17.1. The predicted molar refractivity (Wildman–Crippen MR) is 68.2 cm³/mol. The summed E-state index contributed by atoms with van der Waals surface area (Å²) in [7, 11) is 0. The van der Waals surface area contributed by atoms with Crippen molar-refractivity contribution in [2.45, 2.75) is 52.7 Å². The molecule has 0 saturated heterocycles. The van der Waals surface area contributed by atoms with Gasteiger partial charge in [-0.05, 0) is 41.5 Å². The van der Waals surface area contributed by atoms with Gasteiger partial charge in [0.25, 0.3) is 0 Å². The minimum absolute atomic E-state index is 0.403. The molecule has 0 aromatic heterocycles. The molecule has 0 aromatic carbocycles. The maximum Gasteiger partial charge on any atom is 0.503 e. The van der Waals surface area contributed by atoms with Gasteiger partial charge in [-0.25, -0.2) is 19.4 Å². The second-order valence-electron chi connectivity index (χ2n) is 4.97. The van der Waals surface area contributed by atoms with Gasteiger partial charge in [-0.3, -0.25) is 10.5 Å². The normalized spacial score (nSPS) is 9.60. The molecule has 0 aliphatic rings. The fourth-order valence-corrected chi connectivity index (χ4v) is 0. The second kappa shape index (κ2) is 13.8. The van der Waals surface area contributed by atoms with Crippen molar-refractivity contribution in [3.63, 3.8) is 0 Å². The van der Waals surface area contributed by atoms with E-state index in [-0.39, 0.29) is 0 Å². The van der Waals surface area contributed by atoms with Crippen LogP contribution in [0.3, 0.4) is 0 Å². The predicted octanol–water partition coefficient (Wildman–Crippen LogP) is 2.99. The maximum absolute atomic E-state index is 8.56. The maximum atomic E-state index is 8.56. The van der Waals surface area contributed by atoms with Crippen LogP contribution >= 0.6 is 0 Å². The summed E-state index contributed by atoms with van der Waals surface area (Å²) >= 11 is 0. The second-order valence-corrected chi connectivity index (χ2v) is 4.97. The molecule has 0 aliphatic carbocycles. The van der Waals surface area contributed by atoms with Crippen LogP contribution < -0.4 is 0 Å². The number of hydrogen-bond acceptors (Lipinski definition) is 6. The van der Waals surface area contributed by atoms with Crippen molar-refractivity contribution < 1.29 is 50.3 Å². The molecular formula is C10H24O10. The van der Waals surface area contributed by atoms with Gasteiger partial charge in [0, 0.05) is 0 Å². The van der Waals surface area contributed by atoms with Crippen molar-refractivity contribution in [2.75, 3.05) is 0 Å². The van der Waals surface area contributed by atoms with Crippen LogP contribution in [0.25, 0.3) is 0 Å². The fraction of sp³-hybridized carbons (Fsp3) is 0.800. The van der Waals surface area contributed by atoms with Crippen molar-refractivity contribution in [1.29, 1.82) is 0 Å². The lowest BCUT2D eigenvalue weighted by Crippen LogP contribution is -2.15. The van der Waals surface area contributed by atoms with Gasteiger partial charge in [0.2, 0.25) is 0 Å². The summed E-state index contributed by atoms with van der Waals surface area (Å²) in [5.74, 6) is 0. The van der Waals surface area contributed by atoms with E-state index in [0.717, 1.165) is 0 Å². The van der Waals surface area contributed by atoms with Crippen LogP contribution in [0, 0.1) is 0 Å². The number of carbonyl (C=O) groups is 2. The zero-order valence-electron chi connectivity index (χ0n) is 12.3. The van der Waals surface area contributed by atoms with E-state index in [1.54, 1.807) is 41.5 Å². The molecule has 20 heavy (non-hydrogen) atoms. The van der Waals surface area contributed by atoms with Crippen molar-refractivity contribution in [2.24, 2.45) is 0 Å². The minimum Gasteiger partial charge on any atom is -0.450 e. The lowest BCUT2D eigenvalue weighted by Gasteiger charge is -2.10. The molecule has 0 aliphatic heterocycles. The molecule has 0 spiro atoms. The Morgan fingerprint density at radius 1 is 0.650 bits per heavy atom. The van der Waals surface area contributed by atoms with E-state index in [1.807, 2.05) is 0 Å². The summed E-state index contributed by atoms with van der Waals surface area (Å²) < 4.78 is 0. The van der Waals surface area contributed by atoms with E-state index >= 15 is 0 Å². The molecule has 124 valence electrons. The van der Waals surface area contributed by atoms with Crippen LogP contribution in [-0.4, -0.2) is 54.5 Å². The van der Waals surface area contributed by atoms with Crippen LogP contribution in [0.15, 0.2) is 0 Å². The van der Waals surface area contributed by atoms with Crippen LogP contribution in [0.5, 0.6) is 0 Å². The van der Waals surface area contributed by atoms with Gasteiger partial charge >= 0.3 is 12.3 Å². The average molecular weight is 304 g/mol. The number of hydrogen-bond donors (Lipinski definition) is 6. The molecule has 0 bridgehead atoms. The van der Waals surface area contributed by atoms with E-state index in [0.29, 0.717) is 0 Å². The summed E-state index contributed by atoms with van der Waals surface area (Å²) in [4.78, 5) is 25.0. The SMILES string of the molecule is CC(C)(C)OO.CC(C)(C)OO.O=C(O)O.O=C(O)O. The molecule has 0 aromatic rings. The molecule has 0 unspecified atom stereocenters. The van der Waals surface area contributed by atoms with Crippen LogP contribution in [0.2, 0.25) is 0 Å². The first-order chi connectivity index (χ1) is 8.59. The zero-order valence-corrected chi connectivity index (χ0v) is 12.3. The number of rotatable bonds is 0. The molecule has 0 fully saturated rings. The standard InChI is InChI=1S/2C4H10O2.2CH2O3/c2*1-4(2,3)6-5;2*2-1(3)4/h2*5H,1-3H3;2*(H2,2,3,4). The van der Waals surface area contributed by atoms with E-state index < -0.39 is 23.5 Å². The topological polar surface area (TPSA) is 174 Å². The molecular weight excluding hydrogens is 280 g/mol. The first-order valence-electron chi connectivity index (χ1n) is 5.08.